The smallest absolute Gasteiger partial charge is 0.316 e. The zero-order valence-electron chi connectivity index (χ0n) is 15.7. The summed E-state index contributed by atoms with van der Waals surface area (Å²) < 4.78 is 0. The number of anilines is 1. The quantitative estimate of drug-likeness (QED) is 0.319. The monoisotopic (exact) mass is 399 g/mol. The lowest BCUT2D eigenvalue weighted by molar-refractivity contribution is -0.384. The molecule has 0 aliphatic heterocycles. The number of primary amides is 1. The molecule has 0 unspecified atom stereocenters. The number of fused-ring (bicyclic) bond motifs is 1. The van der Waals surface area contributed by atoms with Gasteiger partial charge in [-0.2, -0.15) is 0 Å². The van der Waals surface area contributed by atoms with E-state index in [1.54, 1.807) is 42.5 Å². The number of carbonyl (C=O) groups is 1. The van der Waals surface area contributed by atoms with Gasteiger partial charge in [0.05, 0.1) is 10.6 Å². The number of phenols is 1. The van der Waals surface area contributed by atoms with E-state index in [0.717, 1.165) is 10.8 Å². The number of benzene rings is 4. The maximum atomic E-state index is 11.7. The summed E-state index contributed by atoms with van der Waals surface area (Å²) in [6, 6.07) is 21.5. The van der Waals surface area contributed by atoms with Gasteiger partial charge in [0.1, 0.15) is 5.75 Å². The van der Waals surface area contributed by atoms with Crippen molar-refractivity contribution < 1.29 is 14.8 Å². The standard InChI is InChI=1S/C23H17N3O4/c24-23(28)25-19-10-4-9-18(15-6-3-7-16(13-15)26(29)30)21(19)22-17-8-2-1-5-14(17)11-12-20(22)27/h1-13,27H,(H3,24,25,28). The van der Waals surface area contributed by atoms with Gasteiger partial charge in [-0.1, -0.05) is 54.6 Å². The number of nitrogens with two attached hydrogens (primary N) is 1. The molecule has 0 saturated carbocycles. The van der Waals surface area contributed by atoms with Crippen LogP contribution in [0.4, 0.5) is 16.2 Å². The topological polar surface area (TPSA) is 118 Å². The summed E-state index contributed by atoms with van der Waals surface area (Å²) in [6.45, 7) is 0. The van der Waals surface area contributed by atoms with Crippen LogP contribution in [0.2, 0.25) is 0 Å². The molecule has 0 fully saturated rings. The van der Waals surface area contributed by atoms with Crippen molar-refractivity contribution in [2.75, 3.05) is 5.32 Å². The van der Waals surface area contributed by atoms with Crippen LogP contribution in [0.3, 0.4) is 0 Å². The van der Waals surface area contributed by atoms with Gasteiger partial charge in [0.2, 0.25) is 0 Å². The number of amides is 2. The third-order valence-electron chi connectivity index (χ3n) is 4.85. The predicted molar refractivity (Wildman–Crippen MR) is 116 cm³/mol. The van der Waals surface area contributed by atoms with Gasteiger partial charge in [0.15, 0.2) is 0 Å². The summed E-state index contributed by atoms with van der Waals surface area (Å²) in [4.78, 5) is 22.5. The van der Waals surface area contributed by atoms with Crippen molar-refractivity contribution in [3.8, 4) is 28.0 Å². The van der Waals surface area contributed by atoms with E-state index in [4.69, 9.17) is 5.73 Å². The van der Waals surface area contributed by atoms with Crippen molar-refractivity contribution in [2.45, 2.75) is 0 Å². The Morgan fingerprint density at radius 2 is 1.70 bits per heavy atom. The SMILES string of the molecule is NC(=O)Nc1cccc(-c2cccc([N+](=O)[O-])c2)c1-c1c(O)ccc2ccccc12. The summed E-state index contributed by atoms with van der Waals surface area (Å²) in [6.07, 6.45) is 0. The second kappa shape index (κ2) is 7.56. The second-order valence-corrected chi connectivity index (χ2v) is 6.71. The number of rotatable bonds is 4. The third kappa shape index (κ3) is 3.40. The maximum absolute atomic E-state index is 11.7. The van der Waals surface area contributed by atoms with E-state index in [2.05, 4.69) is 5.32 Å². The van der Waals surface area contributed by atoms with Crippen LogP contribution in [-0.4, -0.2) is 16.1 Å². The van der Waals surface area contributed by atoms with E-state index in [0.29, 0.717) is 27.9 Å². The fraction of sp³-hybridized carbons (Fsp3) is 0. The Morgan fingerprint density at radius 1 is 0.933 bits per heavy atom. The van der Waals surface area contributed by atoms with Gasteiger partial charge < -0.3 is 16.2 Å². The molecule has 4 rings (SSSR count). The molecular weight excluding hydrogens is 382 g/mol. The Balaban J connectivity index is 2.09. The molecule has 4 N–H and O–H groups in total. The minimum atomic E-state index is -0.757. The van der Waals surface area contributed by atoms with Gasteiger partial charge in [-0.3, -0.25) is 10.1 Å². The fourth-order valence-corrected chi connectivity index (χ4v) is 3.61. The lowest BCUT2D eigenvalue weighted by atomic mass is 9.89. The highest BCUT2D eigenvalue weighted by molar-refractivity contribution is 6.08. The second-order valence-electron chi connectivity index (χ2n) is 6.71. The lowest BCUT2D eigenvalue weighted by Crippen LogP contribution is -2.19. The number of phenolic OH excluding ortho intramolecular Hbond substituents is 1. The number of nitrogens with one attached hydrogen (secondary N) is 1. The molecule has 7 heteroatoms. The van der Waals surface area contributed by atoms with Crippen LogP contribution < -0.4 is 11.1 Å². The van der Waals surface area contributed by atoms with Crippen LogP contribution in [0.25, 0.3) is 33.0 Å². The average molecular weight is 399 g/mol. The van der Waals surface area contributed by atoms with Crippen LogP contribution in [0.15, 0.2) is 78.9 Å². The minimum Gasteiger partial charge on any atom is -0.507 e. The van der Waals surface area contributed by atoms with Crippen molar-refractivity contribution in [3.05, 3.63) is 89.0 Å². The summed E-state index contributed by atoms with van der Waals surface area (Å²) >= 11 is 0. The number of urea groups is 1. The number of nitro groups is 1. The van der Waals surface area contributed by atoms with Crippen molar-refractivity contribution in [1.29, 1.82) is 0 Å². The van der Waals surface area contributed by atoms with Crippen molar-refractivity contribution in [2.24, 2.45) is 5.73 Å². The molecule has 0 bridgehead atoms. The maximum Gasteiger partial charge on any atom is 0.316 e. The largest absolute Gasteiger partial charge is 0.507 e. The molecular formula is C23H17N3O4. The summed E-state index contributed by atoms with van der Waals surface area (Å²) in [7, 11) is 0. The normalized spacial score (nSPS) is 10.7. The van der Waals surface area contributed by atoms with Crippen LogP contribution in [0.5, 0.6) is 5.75 Å². The van der Waals surface area contributed by atoms with Crippen LogP contribution in [0.1, 0.15) is 0 Å². The van der Waals surface area contributed by atoms with Gasteiger partial charge in [-0.15, -0.1) is 0 Å². The summed E-state index contributed by atoms with van der Waals surface area (Å²) in [5.74, 6) is 0.0131. The molecule has 0 aliphatic carbocycles. The van der Waals surface area contributed by atoms with Gasteiger partial charge in [-0.25, -0.2) is 4.79 Å². The van der Waals surface area contributed by atoms with Crippen molar-refractivity contribution in [1.82, 2.24) is 0 Å². The first-order chi connectivity index (χ1) is 14.5. The van der Waals surface area contributed by atoms with E-state index in [-0.39, 0.29) is 11.4 Å². The number of aromatic hydroxyl groups is 1. The van der Waals surface area contributed by atoms with Crippen molar-refractivity contribution >= 4 is 28.2 Å². The first-order valence-electron chi connectivity index (χ1n) is 9.11. The third-order valence-corrected chi connectivity index (χ3v) is 4.85. The Bertz CT molecular complexity index is 1300. The number of nitro benzene ring substituents is 1. The molecule has 2 amide bonds. The van der Waals surface area contributed by atoms with Gasteiger partial charge >= 0.3 is 6.03 Å². The predicted octanol–water partition coefficient (Wildman–Crippen LogP) is 5.28. The van der Waals surface area contributed by atoms with Crippen molar-refractivity contribution in [3.63, 3.8) is 0 Å². The molecule has 0 atom stereocenters. The average Bonchev–Trinajstić information content (AvgIpc) is 2.74. The molecule has 0 aliphatic rings. The molecule has 4 aromatic rings. The minimum absolute atomic E-state index is 0.0131. The lowest BCUT2D eigenvalue weighted by Gasteiger charge is -2.18. The highest BCUT2D eigenvalue weighted by atomic mass is 16.6. The van der Waals surface area contributed by atoms with Gasteiger partial charge in [0, 0.05) is 23.3 Å². The highest BCUT2D eigenvalue weighted by Gasteiger charge is 2.20. The highest BCUT2D eigenvalue weighted by Crippen LogP contribution is 2.45. The fourth-order valence-electron chi connectivity index (χ4n) is 3.61. The number of carbonyl (C=O) groups excluding carboxylic acids is 1. The molecule has 0 spiro atoms. The molecule has 0 heterocycles. The van der Waals surface area contributed by atoms with Crippen LogP contribution in [-0.2, 0) is 0 Å². The Morgan fingerprint density at radius 3 is 2.47 bits per heavy atom. The van der Waals surface area contributed by atoms with E-state index >= 15 is 0 Å². The first-order valence-corrected chi connectivity index (χ1v) is 9.11. The van der Waals surface area contributed by atoms with E-state index in [1.807, 2.05) is 24.3 Å². The van der Waals surface area contributed by atoms with Crippen LogP contribution >= 0.6 is 0 Å². The van der Waals surface area contributed by atoms with E-state index in [9.17, 15) is 20.0 Å². The summed E-state index contributed by atoms with van der Waals surface area (Å²) in [5.41, 5.74) is 7.89. The molecule has 30 heavy (non-hydrogen) atoms. The molecule has 148 valence electrons. The Hall–Kier alpha value is -4.39. The molecule has 4 aromatic carbocycles. The number of nitrogens with zero attached hydrogens (tertiary/aromatic N) is 1. The summed E-state index contributed by atoms with van der Waals surface area (Å²) in [5, 5.41) is 26.3. The van der Waals surface area contributed by atoms with Crippen LogP contribution in [0, 0.1) is 10.1 Å². The molecule has 0 saturated heterocycles. The molecule has 7 nitrogen and oxygen atoms in total. The number of hydrogen-bond donors (Lipinski definition) is 3. The van der Waals surface area contributed by atoms with Gasteiger partial charge in [0.25, 0.3) is 5.69 Å². The molecule has 0 radical (unpaired) electrons. The zero-order chi connectivity index (χ0) is 21.3. The number of hydrogen-bond acceptors (Lipinski definition) is 4. The molecule has 0 aromatic heterocycles. The Labute approximate surface area is 171 Å². The van der Waals surface area contributed by atoms with E-state index in [1.165, 1.54) is 12.1 Å². The number of non-ortho nitro benzene ring substituents is 1. The Kier molecular flexibility index (Phi) is 4.77. The van der Waals surface area contributed by atoms with Gasteiger partial charge in [-0.05, 0) is 34.0 Å². The zero-order valence-corrected chi connectivity index (χ0v) is 15.7. The first kappa shape index (κ1) is 18.9. The van der Waals surface area contributed by atoms with E-state index < -0.39 is 11.0 Å².